The fourth-order valence-electron chi connectivity index (χ4n) is 1.22. The van der Waals surface area contributed by atoms with Gasteiger partial charge in [-0.25, -0.2) is 9.59 Å². The molecule has 96 valence electrons. The molecule has 0 aromatic heterocycles. The van der Waals surface area contributed by atoms with E-state index in [4.69, 9.17) is 16.1 Å². The van der Waals surface area contributed by atoms with Crippen LogP contribution in [0.2, 0.25) is 0 Å². The van der Waals surface area contributed by atoms with E-state index in [1.807, 2.05) is 0 Å². The van der Waals surface area contributed by atoms with Crippen LogP contribution in [0, 0.1) is 11.3 Å². The molecule has 0 fully saturated rings. The van der Waals surface area contributed by atoms with Crippen molar-refractivity contribution in [2.45, 2.75) is 0 Å². The predicted octanol–water partition coefficient (Wildman–Crippen LogP) is 0.487. The number of aromatic carboxylic acids is 1. The Balaban J connectivity index is 2.98. The molecule has 19 heavy (non-hydrogen) atoms. The molecule has 0 heterocycles. The number of nitrogens with zero attached hydrogens (tertiary/aromatic N) is 1. The molecule has 1 rings (SSSR count). The van der Waals surface area contributed by atoms with Crippen molar-refractivity contribution in [3.05, 3.63) is 41.0 Å². The topological polar surface area (TPSA) is 133 Å². The SMILES string of the molecule is N#C/C(=C/c1ccc(C(=O)O)cc1)C(=O)NC(N)=O. The molecule has 0 saturated heterocycles. The minimum Gasteiger partial charge on any atom is -0.478 e. The van der Waals surface area contributed by atoms with Crippen LogP contribution < -0.4 is 11.1 Å². The normalized spacial score (nSPS) is 10.4. The number of nitriles is 1. The first-order chi connectivity index (χ1) is 8.93. The van der Waals surface area contributed by atoms with Crippen LogP contribution in [0.5, 0.6) is 0 Å². The Morgan fingerprint density at radius 1 is 1.26 bits per heavy atom. The van der Waals surface area contributed by atoms with E-state index in [0.717, 1.165) is 0 Å². The number of rotatable bonds is 3. The number of hydrogen-bond donors (Lipinski definition) is 3. The van der Waals surface area contributed by atoms with Crippen molar-refractivity contribution in [2.75, 3.05) is 0 Å². The molecule has 0 aliphatic carbocycles. The van der Waals surface area contributed by atoms with Crippen LogP contribution in [0.15, 0.2) is 29.8 Å². The molecule has 0 aliphatic rings. The average Bonchev–Trinajstić information content (AvgIpc) is 2.35. The van der Waals surface area contributed by atoms with Gasteiger partial charge in [0.05, 0.1) is 5.56 Å². The number of nitrogens with one attached hydrogen (secondary N) is 1. The van der Waals surface area contributed by atoms with E-state index >= 15 is 0 Å². The summed E-state index contributed by atoms with van der Waals surface area (Å²) in [7, 11) is 0. The molecule has 1 aromatic carbocycles. The van der Waals surface area contributed by atoms with Crippen molar-refractivity contribution in [1.29, 1.82) is 5.26 Å². The second kappa shape index (κ2) is 5.97. The lowest BCUT2D eigenvalue weighted by Gasteiger charge is -2.00. The molecule has 0 spiro atoms. The number of carboxylic acid groups (broad SMARTS) is 1. The quantitative estimate of drug-likeness (QED) is 0.536. The van der Waals surface area contributed by atoms with E-state index < -0.39 is 17.9 Å². The van der Waals surface area contributed by atoms with Crippen LogP contribution in [0.1, 0.15) is 15.9 Å². The molecular weight excluding hydrogens is 250 g/mol. The standard InChI is InChI=1S/C12H9N3O4/c13-6-9(10(16)15-12(14)19)5-7-1-3-8(4-2-7)11(17)18/h1-5H,(H,17,18)(H3,14,15,16,19)/b9-5-. The van der Waals surface area contributed by atoms with Crippen LogP contribution in [0.4, 0.5) is 4.79 Å². The van der Waals surface area contributed by atoms with Gasteiger partial charge in [-0.1, -0.05) is 12.1 Å². The number of primary amides is 1. The molecular formula is C12H9N3O4. The van der Waals surface area contributed by atoms with Gasteiger partial charge in [0, 0.05) is 0 Å². The van der Waals surface area contributed by atoms with E-state index in [2.05, 4.69) is 0 Å². The molecule has 1 aromatic rings. The predicted molar refractivity (Wildman–Crippen MR) is 64.7 cm³/mol. The number of amides is 3. The van der Waals surface area contributed by atoms with E-state index in [-0.39, 0.29) is 11.1 Å². The Labute approximate surface area is 107 Å². The summed E-state index contributed by atoms with van der Waals surface area (Å²) in [5.74, 6) is -2.00. The number of urea groups is 1. The molecule has 0 saturated carbocycles. The minimum atomic E-state index is -1.08. The van der Waals surface area contributed by atoms with Gasteiger partial charge in [0.25, 0.3) is 5.91 Å². The minimum absolute atomic E-state index is 0.0808. The highest BCUT2D eigenvalue weighted by Crippen LogP contribution is 2.09. The molecule has 7 heteroatoms. The monoisotopic (exact) mass is 259 g/mol. The maximum absolute atomic E-state index is 11.4. The van der Waals surface area contributed by atoms with Gasteiger partial charge in [0.2, 0.25) is 0 Å². The number of hydrogen-bond acceptors (Lipinski definition) is 4. The Kier molecular flexibility index (Phi) is 4.38. The van der Waals surface area contributed by atoms with Gasteiger partial charge < -0.3 is 10.8 Å². The zero-order valence-electron chi connectivity index (χ0n) is 9.58. The lowest BCUT2D eigenvalue weighted by atomic mass is 10.1. The van der Waals surface area contributed by atoms with Crippen LogP contribution >= 0.6 is 0 Å². The Hall–Kier alpha value is -3.14. The summed E-state index contributed by atoms with van der Waals surface area (Å²) in [6.07, 6.45) is 1.21. The highest BCUT2D eigenvalue weighted by Gasteiger charge is 2.10. The zero-order chi connectivity index (χ0) is 14.4. The van der Waals surface area contributed by atoms with Crippen molar-refractivity contribution in [3.63, 3.8) is 0 Å². The van der Waals surface area contributed by atoms with Gasteiger partial charge in [-0.2, -0.15) is 5.26 Å². The van der Waals surface area contributed by atoms with E-state index in [0.29, 0.717) is 5.56 Å². The molecule has 0 unspecified atom stereocenters. The van der Waals surface area contributed by atoms with Crippen molar-refractivity contribution < 1.29 is 19.5 Å². The maximum atomic E-state index is 11.4. The molecule has 0 aliphatic heterocycles. The fraction of sp³-hybridized carbons (Fsp3) is 0. The smallest absolute Gasteiger partial charge is 0.335 e. The summed E-state index contributed by atoms with van der Waals surface area (Å²) in [4.78, 5) is 32.5. The van der Waals surface area contributed by atoms with E-state index in [1.165, 1.54) is 30.3 Å². The second-order valence-electron chi connectivity index (χ2n) is 3.42. The van der Waals surface area contributed by atoms with E-state index in [1.54, 1.807) is 11.4 Å². The van der Waals surface area contributed by atoms with Gasteiger partial charge in [-0.15, -0.1) is 0 Å². The number of carbonyl (C=O) groups excluding carboxylic acids is 2. The third-order valence-corrected chi connectivity index (χ3v) is 2.07. The molecule has 3 amide bonds. The highest BCUT2D eigenvalue weighted by atomic mass is 16.4. The Bertz CT molecular complexity index is 596. The third kappa shape index (κ3) is 3.98. The van der Waals surface area contributed by atoms with Crippen LogP contribution in [0.3, 0.4) is 0 Å². The van der Waals surface area contributed by atoms with Gasteiger partial charge in [0.15, 0.2) is 0 Å². The van der Waals surface area contributed by atoms with Gasteiger partial charge in [-0.05, 0) is 23.8 Å². The fourth-order valence-corrected chi connectivity index (χ4v) is 1.22. The van der Waals surface area contributed by atoms with Gasteiger partial charge >= 0.3 is 12.0 Å². The Morgan fingerprint density at radius 3 is 2.26 bits per heavy atom. The summed E-state index contributed by atoms with van der Waals surface area (Å²) in [5, 5.41) is 19.3. The lowest BCUT2D eigenvalue weighted by Crippen LogP contribution is -2.35. The summed E-state index contributed by atoms with van der Waals surface area (Å²) in [6, 6.07) is 6.07. The van der Waals surface area contributed by atoms with Crippen molar-refractivity contribution in [1.82, 2.24) is 5.32 Å². The highest BCUT2D eigenvalue weighted by molar-refractivity contribution is 6.08. The second-order valence-corrected chi connectivity index (χ2v) is 3.42. The number of carboxylic acids is 1. The number of imide groups is 1. The lowest BCUT2D eigenvalue weighted by molar-refractivity contribution is -0.115. The number of nitrogens with two attached hydrogens (primary N) is 1. The number of benzene rings is 1. The summed E-state index contributed by atoms with van der Waals surface area (Å²) in [5.41, 5.74) is 4.97. The third-order valence-electron chi connectivity index (χ3n) is 2.07. The van der Waals surface area contributed by atoms with Crippen molar-refractivity contribution in [3.8, 4) is 6.07 Å². The molecule has 0 radical (unpaired) electrons. The van der Waals surface area contributed by atoms with E-state index in [9.17, 15) is 14.4 Å². The molecule has 4 N–H and O–H groups in total. The van der Waals surface area contributed by atoms with Crippen molar-refractivity contribution >= 4 is 24.0 Å². The van der Waals surface area contributed by atoms with Crippen molar-refractivity contribution in [2.24, 2.45) is 5.73 Å². The first kappa shape index (κ1) is 13.9. The maximum Gasteiger partial charge on any atom is 0.335 e. The first-order valence-corrected chi connectivity index (χ1v) is 5.00. The van der Waals surface area contributed by atoms with Crippen LogP contribution in [-0.2, 0) is 4.79 Å². The van der Waals surface area contributed by atoms with Gasteiger partial charge in [0.1, 0.15) is 11.6 Å². The summed E-state index contributed by atoms with van der Waals surface area (Å²) in [6.45, 7) is 0. The first-order valence-electron chi connectivity index (χ1n) is 5.00. The average molecular weight is 259 g/mol. The summed E-state index contributed by atoms with van der Waals surface area (Å²) < 4.78 is 0. The Morgan fingerprint density at radius 2 is 1.84 bits per heavy atom. The zero-order valence-corrected chi connectivity index (χ0v) is 9.58. The largest absolute Gasteiger partial charge is 0.478 e. The molecule has 0 atom stereocenters. The van der Waals surface area contributed by atoms with Crippen LogP contribution in [0.25, 0.3) is 6.08 Å². The van der Waals surface area contributed by atoms with Gasteiger partial charge in [-0.3, -0.25) is 10.1 Å². The van der Waals surface area contributed by atoms with Crippen LogP contribution in [-0.4, -0.2) is 23.0 Å². The molecule has 0 bridgehead atoms. The molecule has 7 nitrogen and oxygen atoms in total. The summed E-state index contributed by atoms with van der Waals surface area (Å²) >= 11 is 0. The number of carbonyl (C=O) groups is 3.